The number of benzene rings is 3. The second-order valence-electron chi connectivity index (χ2n) is 7.08. The highest BCUT2D eigenvalue weighted by atomic mass is 79.9. The number of halogens is 1. The zero-order chi connectivity index (χ0) is 24.2. The lowest BCUT2D eigenvalue weighted by molar-refractivity contribution is -0.384. The Morgan fingerprint density at radius 2 is 1.88 bits per heavy atom. The lowest BCUT2D eigenvalue weighted by Crippen LogP contribution is -2.32. The molecular weight excluding hydrogens is 508 g/mol. The Morgan fingerprint density at radius 1 is 1.15 bits per heavy atom. The highest BCUT2D eigenvalue weighted by Gasteiger charge is 2.13. The van der Waals surface area contributed by atoms with Crippen molar-refractivity contribution in [2.45, 2.75) is 6.61 Å². The first-order valence-corrected chi connectivity index (χ1v) is 10.7. The molecule has 11 heteroatoms. The van der Waals surface area contributed by atoms with Gasteiger partial charge in [0.15, 0.2) is 11.5 Å². The number of methoxy groups -OCH3 is 1. The first kappa shape index (κ1) is 22.9. The molecule has 0 unspecified atom stereocenters. The van der Waals surface area contributed by atoms with E-state index in [1.165, 1.54) is 25.5 Å². The zero-order valence-corrected chi connectivity index (χ0v) is 19.3. The number of nitro groups is 1. The van der Waals surface area contributed by atoms with Crippen LogP contribution in [0.25, 0.3) is 10.9 Å². The lowest BCUT2D eigenvalue weighted by atomic mass is 10.2. The molecule has 0 aliphatic carbocycles. The monoisotopic (exact) mass is 524 g/mol. The van der Waals surface area contributed by atoms with E-state index in [9.17, 15) is 19.7 Å². The zero-order valence-electron chi connectivity index (χ0n) is 17.7. The van der Waals surface area contributed by atoms with Gasteiger partial charge >= 0.3 is 5.69 Å². The van der Waals surface area contributed by atoms with Gasteiger partial charge in [-0.15, -0.1) is 4.68 Å². The van der Waals surface area contributed by atoms with Crippen LogP contribution in [0.2, 0.25) is 0 Å². The summed E-state index contributed by atoms with van der Waals surface area (Å²) in [6.45, 7) is 0.155. The second-order valence-corrected chi connectivity index (χ2v) is 7.94. The molecule has 3 aromatic carbocycles. The number of ether oxygens (including phenoxy) is 2. The van der Waals surface area contributed by atoms with E-state index in [-0.39, 0.29) is 12.3 Å². The van der Waals surface area contributed by atoms with Crippen LogP contribution in [-0.4, -0.2) is 27.9 Å². The van der Waals surface area contributed by atoms with Crippen molar-refractivity contribution >= 4 is 38.7 Å². The van der Waals surface area contributed by atoms with E-state index in [0.717, 1.165) is 10.2 Å². The van der Waals surface area contributed by atoms with E-state index in [2.05, 4.69) is 26.0 Å². The van der Waals surface area contributed by atoms with Crippen LogP contribution < -0.4 is 20.7 Å². The number of fused-ring (bicyclic) bond motifs is 1. The van der Waals surface area contributed by atoms with Crippen LogP contribution in [0.3, 0.4) is 0 Å². The number of hydrogen-bond acceptors (Lipinski definition) is 7. The van der Waals surface area contributed by atoms with Gasteiger partial charge in [-0.25, -0.2) is 4.79 Å². The Balaban J connectivity index is 1.59. The maximum atomic E-state index is 12.6. The second kappa shape index (κ2) is 9.71. The summed E-state index contributed by atoms with van der Waals surface area (Å²) in [4.78, 5) is 37.9. The summed E-state index contributed by atoms with van der Waals surface area (Å²) in [6, 6.07) is 16.0. The van der Waals surface area contributed by atoms with Crippen molar-refractivity contribution in [1.29, 1.82) is 0 Å². The third kappa shape index (κ3) is 4.74. The highest BCUT2D eigenvalue weighted by Crippen LogP contribution is 2.37. The van der Waals surface area contributed by atoms with Gasteiger partial charge in [0, 0.05) is 12.1 Å². The molecule has 4 rings (SSSR count). The van der Waals surface area contributed by atoms with Gasteiger partial charge in [0.2, 0.25) is 0 Å². The molecule has 0 saturated heterocycles. The lowest BCUT2D eigenvalue weighted by Gasteiger charge is -2.13. The van der Waals surface area contributed by atoms with Gasteiger partial charge in [-0.2, -0.15) is 5.10 Å². The van der Waals surface area contributed by atoms with Crippen LogP contribution in [0, 0.1) is 10.1 Å². The number of rotatable bonds is 7. The summed E-state index contributed by atoms with van der Waals surface area (Å²) in [5.41, 5.74) is 0.517. The molecule has 0 bridgehead atoms. The first-order chi connectivity index (χ1) is 16.4. The Kier molecular flexibility index (Phi) is 6.55. The van der Waals surface area contributed by atoms with Crippen molar-refractivity contribution in [3.8, 4) is 11.5 Å². The van der Waals surface area contributed by atoms with Gasteiger partial charge < -0.3 is 14.5 Å². The number of aromatic amines is 1. The Bertz CT molecular complexity index is 1530. The third-order valence-electron chi connectivity index (χ3n) is 4.89. The van der Waals surface area contributed by atoms with Crippen LogP contribution >= 0.6 is 15.9 Å². The van der Waals surface area contributed by atoms with E-state index < -0.39 is 16.2 Å². The molecule has 10 nitrogen and oxygen atoms in total. The number of nitro benzene ring substituents is 1. The minimum atomic E-state index is -0.658. The number of nitrogens with one attached hydrogen (secondary N) is 1. The van der Waals surface area contributed by atoms with Crippen molar-refractivity contribution in [3.05, 3.63) is 107 Å². The maximum Gasteiger partial charge on any atom is 0.349 e. The van der Waals surface area contributed by atoms with Crippen LogP contribution in [0.1, 0.15) is 11.1 Å². The summed E-state index contributed by atoms with van der Waals surface area (Å²) < 4.78 is 12.6. The number of hydrogen-bond donors (Lipinski definition) is 1. The van der Waals surface area contributed by atoms with Crippen molar-refractivity contribution in [3.63, 3.8) is 0 Å². The molecule has 0 aliphatic heterocycles. The third-order valence-corrected chi connectivity index (χ3v) is 5.48. The molecule has 1 aromatic heterocycles. The van der Waals surface area contributed by atoms with Gasteiger partial charge in [0.25, 0.3) is 11.2 Å². The fourth-order valence-corrected chi connectivity index (χ4v) is 3.78. The molecule has 0 saturated carbocycles. The van der Waals surface area contributed by atoms with Crippen LogP contribution in [0.5, 0.6) is 11.5 Å². The SMILES string of the molecule is COc1cc(C=Nn2c(=O)[nH]c3ccccc3c2=O)cc(Br)c1OCc1ccc([N+](=O)[O-])cc1. The summed E-state index contributed by atoms with van der Waals surface area (Å²) in [5.74, 6) is 0.802. The first-order valence-electron chi connectivity index (χ1n) is 9.89. The van der Waals surface area contributed by atoms with Crippen molar-refractivity contribution in [2.24, 2.45) is 5.10 Å². The van der Waals surface area contributed by atoms with Crippen molar-refractivity contribution < 1.29 is 14.4 Å². The normalized spacial score (nSPS) is 11.1. The fraction of sp³-hybridized carbons (Fsp3) is 0.0870. The van der Waals surface area contributed by atoms with Gasteiger partial charge in [-0.3, -0.25) is 14.9 Å². The van der Waals surface area contributed by atoms with Gasteiger partial charge in [-0.05, 0) is 63.5 Å². The predicted molar refractivity (Wildman–Crippen MR) is 130 cm³/mol. The molecule has 0 fully saturated rings. The van der Waals surface area contributed by atoms with E-state index in [1.807, 2.05) is 0 Å². The molecule has 0 spiro atoms. The Hall–Kier alpha value is -4.25. The largest absolute Gasteiger partial charge is 0.493 e. The smallest absolute Gasteiger partial charge is 0.349 e. The molecule has 172 valence electrons. The van der Waals surface area contributed by atoms with Crippen molar-refractivity contribution in [2.75, 3.05) is 7.11 Å². The van der Waals surface area contributed by atoms with E-state index in [4.69, 9.17) is 9.47 Å². The minimum Gasteiger partial charge on any atom is -0.493 e. The maximum absolute atomic E-state index is 12.6. The molecule has 0 aliphatic rings. The van der Waals surface area contributed by atoms with Crippen molar-refractivity contribution in [1.82, 2.24) is 9.66 Å². The Labute approximate surface area is 200 Å². The standard InChI is InChI=1S/C23H17BrN4O6/c1-33-20-11-15(12-25-27-22(29)17-4-2-3-5-19(17)26-23(27)30)10-18(24)21(20)34-13-14-6-8-16(9-7-14)28(31)32/h2-12H,13H2,1H3,(H,26,30). The number of H-pyrrole nitrogens is 1. The average Bonchev–Trinajstić information content (AvgIpc) is 2.83. The highest BCUT2D eigenvalue weighted by molar-refractivity contribution is 9.10. The number of nitrogens with zero attached hydrogens (tertiary/aromatic N) is 3. The van der Waals surface area contributed by atoms with Gasteiger partial charge in [0.05, 0.1) is 33.6 Å². The van der Waals surface area contributed by atoms with E-state index >= 15 is 0 Å². The molecule has 1 N–H and O–H groups in total. The average molecular weight is 525 g/mol. The molecule has 1 heterocycles. The summed E-state index contributed by atoms with van der Waals surface area (Å²) in [6.07, 6.45) is 1.36. The van der Waals surface area contributed by atoms with E-state index in [1.54, 1.807) is 48.5 Å². The minimum absolute atomic E-state index is 0.00416. The Morgan fingerprint density at radius 3 is 2.59 bits per heavy atom. The van der Waals surface area contributed by atoms with Gasteiger partial charge in [0.1, 0.15) is 6.61 Å². The molecular formula is C23H17BrN4O6. The predicted octanol–water partition coefficient (Wildman–Crippen LogP) is 3.83. The molecule has 4 aromatic rings. The molecule has 34 heavy (non-hydrogen) atoms. The van der Waals surface area contributed by atoms with E-state index in [0.29, 0.717) is 32.4 Å². The molecule has 0 radical (unpaired) electrons. The van der Waals surface area contributed by atoms with Crippen LogP contribution in [-0.2, 0) is 6.61 Å². The van der Waals surface area contributed by atoms with Crippen LogP contribution in [0.15, 0.2) is 79.8 Å². The van der Waals surface area contributed by atoms with Gasteiger partial charge in [-0.1, -0.05) is 12.1 Å². The molecule has 0 atom stereocenters. The summed E-state index contributed by atoms with van der Waals surface area (Å²) >= 11 is 3.44. The number of para-hydroxylation sites is 1. The quantitative estimate of drug-likeness (QED) is 0.222. The number of aromatic nitrogens is 2. The summed E-state index contributed by atoms with van der Waals surface area (Å²) in [7, 11) is 1.47. The topological polar surface area (TPSA) is 129 Å². The molecule has 0 amide bonds. The fourth-order valence-electron chi connectivity index (χ4n) is 3.21. The number of non-ortho nitro benzene ring substituents is 1. The summed E-state index contributed by atoms with van der Waals surface area (Å²) in [5, 5.41) is 15.2. The van der Waals surface area contributed by atoms with Crippen LogP contribution in [0.4, 0.5) is 5.69 Å².